The van der Waals surface area contributed by atoms with E-state index in [4.69, 9.17) is 0 Å². The first kappa shape index (κ1) is 22.6. The number of carbonyl (C=O) groups is 2. The molecular weight excluding hydrogens is 448 g/mol. The molecule has 1 unspecified atom stereocenters. The number of piperazine rings is 1. The fourth-order valence-electron chi connectivity index (χ4n) is 4.09. The van der Waals surface area contributed by atoms with Gasteiger partial charge in [0.2, 0.25) is 11.8 Å². The average molecular weight is 475 g/mol. The molecule has 0 N–H and O–H groups in total. The Hall–Kier alpha value is -2.56. The van der Waals surface area contributed by atoms with Crippen LogP contribution in [0.1, 0.15) is 19.0 Å². The Balaban J connectivity index is 1.35. The molecule has 2 aliphatic heterocycles. The summed E-state index contributed by atoms with van der Waals surface area (Å²) in [5, 5.41) is 2.37. The topological polar surface area (TPSA) is 90.9 Å². The molecule has 3 heterocycles. The third-order valence-electron chi connectivity index (χ3n) is 5.78. The molecule has 32 heavy (non-hydrogen) atoms. The van der Waals surface area contributed by atoms with E-state index in [1.165, 1.54) is 24.3 Å². The lowest BCUT2D eigenvalue weighted by Crippen LogP contribution is -2.52. The van der Waals surface area contributed by atoms with E-state index in [2.05, 4.69) is 9.88 Å². The Morgan fingerprint density at radius 1 is 1.16 bits per heavy atom. The van der Waals surface area contributed by atoms with Crippen LogP contribution in [0.3, 0.4) is 0 Å². The standard InChI is InChI=1S/C22H26N4O4S2/c1-17(27)26(19-5-3-2-4-6-19)22-23-18(15-31-22)7-8-21(28)25-12-10-24(11-13-25)20-9-14-32(29,30)16-20/h2-8,15,20H,9-14,16H2,1H3/b8-7+. The van der Waals surface area contributed by atoms with E-state index in [0.717, 1.165) is 5.69 Å². The Morgan fingerprint density at radius 3 is 2.50 bits per heavy atom. The summed E-state index contributed by atoms with van der Waals surface area (Å²) >= 11 is 1.34. The first-order valence-electron chi connectivity index (χ1n) is 10.6. The van der Waals surface area contributed by atoms with Crippen molar-refractivity contribution in [2.75, 3.05) is 42.6 Å². The zero-order valence-electron chi connectivity index (χ0n) is 17.9. The minimum Gasteiger partial charge on any atom is -0.337 e. The second-order valence-corrected chi connectivity index (χ2v) is 11.1. The van der Waals surface area contributed by atoms with Crippen molar-refractivity contribution in [1.82, 2.24) is 14.8 Å². The fraction of sp³-hybridized carbons (Fsp3) is 0.409. The number of carbonyl (C=O) groups excluding carboxylic acids is 2. The molecule has 0 aliphatic carbocycles. The van der Waals surface area contributed by atoms with Crippen LogP contribution in [-0.4, -0.2) is 78.7 Å². The van der Waals surface area contributed by atoms with Crippen LogP contribution < -0.4 is 4.90 Å². The molecule has 1 aromatic carbocycles. The lowest BCUT2D eigenvalue weighted by molar-refractivity contribution is -0.128. The van der Waals surface area contributed by atoms with Crippen LogP contribution in [0.2, 0.25) is 0 Å². The molecule has 2 saturated heterocycles. The monoisotopic (exact) mass is 474 g/mol. The molecule has 1 aromatic heterocycles. The highest BCUT2D eigenvalue weighted by atomic mass is 32.2. The van der Waals surface area contributed by atoms with Crippen molar-refractivity contribution < 1.29 is 18.0 Å². The van der Waals surface area contributed by atoms with E-state index in [1.54, 1.807) is 15.9 Å². The van der Waals surface area contributed by atoms with Crippen LogP contribution in [0.4, 0.5) is 10.8 Å². The molecule has 4 rings (SSSR count). The van der Waals surface area contributed by atoms with Gasteiger partial charge in [-0.15, -0.1) is 11.3 Å². The van der Waals surface area contributed by atoms with Crippen molar-refractivity contribution in [1.29, 1.82) is 0 Å². The summed E-state index contributed by atoms with van der Waals surface area (Å²) in [6, 6.07) is 9.40. The molecule has 0 radical (unpaired) electrons. The van der Waals surface area contributed by atoms with Gasteiger partial charge in [-0.1, -0.05) is 18.2 Å². The number of nitrogens with zero attached hydrogens (tertiary/aromatic N) is 4. The summed E-state index contributed by atoms with van der Waals surface area (Å²) in [6.45, 7) is 4.02. The minimum atomic E-state index is -2.91. The number of para-hydroxylation sites is 1. The van der Waals surface area contributed by atoms with Crippen LogP contribution in [0.25, 0.3) is 6.08 Å². The van der Waals surface area contributed by atoms with Gasteiger partial charge in [-0.2, -0.15) is 0 Å². The number of thiazole rings is 1. The van der Waals surface area contributed by atoms with Crippen LogP contribution in [0, 0.1) is 0 Å². The maximum absolute atomic E-state index is 12.6. The number of amides is 2. The van der Waals surface area contributed by atoms with Gasteiger partial charge in [0.05, 0.1) is 22.9 Å². The maximum atomic E-state index is 12.6. The predicted octanol–water partition coefficient (Wildman–Crippen LogP) is 2.17. The van der Waals surface area contributed by atoms with Crippen molar-refractivity contribution in [3.8, 4) is 0 Å². The molecule has 10 heteroatoms. The van der Waals surface area contributed by atoms with Gasteiger partial charge >= 0.3 is 0 Å². The van der Waals surface area contributed by atoms with Gasteiger partial charge in [-0.25, -0.2) is 13.4 Å². The zero-order chi connectivity index (χ0) is 22.7. The van der Waals surface area contributed by atoms with Crippen LogP contribution in [-0.2, 0) is 19.4 Å². The lowest BCUT2D eigenvalue weighted by atomic mass is 10.2. The highest BCUT2D eigenvalue weighted by Gasteiger charge is 2.34. The largest absolute Gasteiger partial charge is 0.337 e. The van der Waals surface area contributed by atoms with Crippen molar-refractivity contribution in [3.63, 3.8) is 0 Å². The zero-order valence-corrected chi connectivity index (χ0v) is 19.5. The average Bonchev–Trinajstić information content (AvgIpc) is 3.39. The molecular formula is C22H26N4O4S2. The number of benzene rings is 1. The Kier molecular flexibility index (Phi) is 6.73. The van der Waals surface area contributed by atoms with E-state index in [-0.39, 0.29) is 29.4 Å². The van der Waals surface area contributed by atoms with E-state index in [1.807, 2.05) is 35.7 Å². The number of hydrogen-bond acceptors (Lipinski definition) is 7. The van der Waals surface area contributed by atoms with Crippen LogP contribution in [0.5, 0.6) is 0 Å². The van der Waals surface area contributed by atoms with Crippen molar-refractivity contribution in [2.45, 2.75) is 19.4 Å². The third-order valence-corrected chi connectivity index (χ3v) is 8.37. The highest BCUT2D eigenvalue weighted by molar-refractivity contribution is 7.91. The molecule has 0 saturated carbocycles. The second kappa shape index (κ2) is 9.51. The van der Waals surface area contributed by atoms with E-state index in [0.29, 0.717) is 43.4 Å². The van der Waals surface area contributed by atoms with Crippen LogP contribution in [0.15, 0.2) is 41.8 Å². The Bertz CT molecular complexity index is 1110. The van der Waals surface area contributed by atoms with E-state index >= 15 is 0 Å². The summed E-state index contributed by atoms with van der Waals surface area (Å²) in [5.41, 5.74) is 1.37. The number of anilines is 2. The molecule has 2 fully saturated rings. The van der Waals surface area contributed by atoms with Gasteiger partial charge in [0.15, 0.2) is 15.0 Å². The Morgan fingerprint density at radius 2 is 1.88 bits per heavy atom. The second-order valence-electron chi connectivity index (χ2n) is 8.00. The van der Waals surface area contributed by atoms with Gasteiger partial charge in [-0.3, -0.25) is 19.4 Å². The first-order chi connectivity index (χ1) is 15.3. The summed E-state index contributed by atoms with van der Waals surface area (Å²) in [5.74, 6) is 0.267. The smallest absolute Gasteiger partial charge is 0.246 e. The molecule has 2 aromatic rings. The molecule has 1 atom stereocenters. The normalized spacial score (nSPS) is 21.2. The van der Waals surface area contributed by atoms with E-state index in [9.17, 15) is 18.0 Å². The van der Waals surface area contributed by atoms with Crippen molar-refractivity contribution in [2.24, 2.45) is 0 Å². The quantitative estimate of drug-likeness (QED) is 0.617. The summed E-state index contributed by atoms with van der Waals surface area (Å²) in [6.07, 6.45) is 3.86. The third kappa shape index (κ3) is 5.25. The Labute approximate surface area is 192 Å². The maximum Gasteiger partial charge on any atom is 0.246 e. The van der Waals surface area contributed by atoms with Gasteiger partial charge < -0.3 is 4.90 Å². The summed E-state index contributed by atoms with van der Waals surface area (Å²) in [4.78, 5) is 34.8. The van der Waals surface area contributed by atoms with Gasteiger partial charge in [-0.05, 0) is 24.6 Å². The molecule has 8 nitrogen and oxygen atoms in total. The number of rotatable bonds is 5. The predicted molar refractivity (Wildman–Crippen MR) is 126 cm³/mol. The molecule has 2 aliphatic rings. The number of hydrogen-bond donors (Lipinski definition) is 0. The SMILES string of the molecule is CC(=O)N(c1ccccc1)c1nc(/C=C/C(=O)N2CCN(C3CCS(=O)(=O)C3)CC2)cs1. The van der Waals surface area contributed by atoms with Crippen molar-refractivity contribution >= 4 is 49.9 Å². The number of sulfone groups is 1. The van der Waals surface area contributed by atoms with Crippen molar-refractivity contribution in [3.05, 3.63) is 47.5 Å². The van der Waals surface area contributed by atoms with E-state index < -0.39 is 9.84 Å². The molecule has 0 spiro atoms. The highest BCUT2D eigenvalue weighted by Crippen LogP contribution is 2.29. The lowest BCUT2D eigenvalue weighted by Gasteiger charge is -2.37. The van der Waals surface area contributed by atoms with Gasteiger partial charge in [0.1, 0.15) is 0 Å². The summed E-state index contributed by atoms with van der Waals surface area (Å²) in [7, 11) is -2.91. The molecule has 0 bridgehead atoms. The van der Waals surface area contributed by atoms with Gasteiger partial charge in [0, 0.05) is 50.6 Å². The van der Waals surface area contributed by atoms with Crippen LogP contribution >= 0.6 is 11.3 Å². The minimum absolute atomic E-state index is 0.0788. The summed E-state index contributed by atoms with van der Waals surface area (Å²) < 4.78 is 23.4. The molecule has 170 valence electrons. The fourth-order valence-corrected chi connectivity index (χ4v) is 6.71. The van der Waals surface area contributed by atoms with Gasteiger partial charge in [0.25, 0.3) is 0 Å². The number of aromatic nitrogens is 1. The first-order valence-corrected chi connectivity index (χ1v) is 13.3. The molecule has 2 amide bonds.